The van der Waals surface area contributed by atoms with Gasteiger partial charge in [0.15, 0.2) is 0 Å². The van der Waals surface area contributed by atoms with Gasteiger partial charge in [0.05, 0.1) is 12.2 Å². The number of anilines is 1. The second-order valence-electron chi connectivity index (χ2n) is 5.03. The summed E-state index contributed by atoms with van der Waals surface area (Å²) in [6.45, 7) is 3.76. The Morgan fingerprint density at radius 1 is 1.25 bits per heavy atom. The maximum absolute atomic E-state index is 11.4. The van der Waals surface area contributed by atoms with Crippen molar-refractivity contribution in [3.8, 4) is 0 Å². The average Bonchev–Trinajstić information content (AvgIpc) is 2.89. The van der Waals surface area contributed by atoms with E-state index < -0.39 is 0 Å². The van der Waals surface area contributed by atoms with Gasteiger partial charge >= 0.3 is 0 Å². The normalized spacial score (nSPS) is 13.2. The number of nitrogens with one attached hydrogen (secondary N) is 1. The van der Waals surface area contributed by atoms with Crippen LogP contribution in [0.5, 0.6) is 0 Å². The van der Waals surface area contributed by atoms with Crippen LogP contribution in [-0.4, -0.2) is 15.8 Å². The van der Waals surface area contributed by atoms with Crippen LogP contribution in [0.15, 0.2) is 42.6 Å². The van der Waals surface area contributed by atoms with Crippen LogP contribution >= 0.6 is 0 Å². The lowest BCUT2D eigenvalue weighted by atomic mass is 10.1. The Kier molecular flexibility index (Phi) is 3.37. The average molecular weight is 267 g/mol. The highest BCUT2D eigenvalue weighted by Gasteiger charge is 2.20. The highest BCUT2D eigenvalue weighted by molar-refractivity contribution is 5.74. The molecule has 0 atom stereocenters. The lowest BCUT2D eigenvalue weighted by molar-refractivity contribution is -0.129. The lowest BCUT2D eigenvalue weighted by Crippen LogP contribution is -2.21. The summed E-state index contributed by atoms with van der Waals surface area (Å²) in [5, 5.41) is 3.37. The van der Waals surface area contributed by atoms with Crippen LogP contribution in [0.2, 0.25) is 0 Å². The van der Waals surface area contributed by atoms with Gasteiger partial charge in [-0.1, -0.05) is 12.1 Å². The summed E-state index contributed by atoms with van der Waals surface area (Å²) in [5.74, 6) is 0.129. The first-order valence-electron chi connectivity index (χ1n) is 6.73. The number of aromatic nitrogens is 1. The number of carbonyl (C=O) groups is 1. The SMILES string of the molecule is CC(=O)N1Cc2ccc(NCc3ccccn3)cc2C1. The first-order valence-corrected chi connectivity index (χ1v) is 6.73. The number of fused-ring (bicyclic) bond motifs is 1. The Labute approximate surface area is 118 Å². The molecule has 2 heterocycles. The van der Waals surface area contributed by atoms with Crippen molar-refractivity contribution in [3.63, 3.8) is 0 Å². The fourth-order valence-electron chi connectivity index (χ4n) is 2.42. The molecule has 102 valence electrons. The van der Waals surface area contributed by atoms with E-state index in [0.29, 0.717) is 13.1 Å². The standard InChI is InChI=1S/C16H17N3O/c1-12(20)19-10-13-5-6-15(8-14(13)11-19)18-9-16-4-2-3-7-17-16/h2-8,18H,9-11H2,1H3. The van der Waals surface area contributed by atoms with Crippen LogP contribution in [0.1, 0.15) is 23.7 Å². The van der Waals surface area contributed by atoms with E-state index >= 15 is 0 Å². The molecule has 20 heavy (non-hydrogen) atoms. The minimum Gasteiger partial charge on any atom is -0.379 e. The first-order chi connectivity index (χ1) is 9.72. The first kappa shape index (κ1) is 12.7. The Balaban J connectivity index is 1.68. The molecule has 0 unspecified atom stereocenters. The molecule has 1 aromatic heterocycles. The molecule has 1 amide bonds. The molecule has 0 aliphatic carbocycles. The second-order valence-corrected chi connectivity index (χ2v) is 5.03. The van der Waals surface area contributed by atoms with Crippen molar-refractivity contribution in [2.45, 2.75) is 26.6 Å². The Morgan fingerprint density at radius 2 is 2.10 bits per heavy atom. The Hall–Kier alpha value is -2.36. The molecule has 0 bridgehead atoms. The minimum absolute atomic E-state index is 0.129. The molecule has 1 aromatic carbocycles. The maximum Gasteiger partial charge on any atom is 0.220 e. The molecule has 1 N–H and O–H groups in total. The number of carbonyl (C=O) groups excluding carboxylic acids is 1. The fourth-order valence-corrected chi connectivity index (χ4v) is 2.42. The van der Waals surface area contributed by atoms with E-state index in [2.05, 4.69) is 28.5 Å². The summed E-state index contributed by atoms with van der Waals surface area (Å²) < 4.78 is 0. The van der Waals surface area contributed by atoms with Gasteiger partial charge in [0.25, 0.3) is 0 Å². The van der Waals surface area contributed by atoms with Crippen LogP contribution in [0.4, 0.5) is 5.69 Å². The van der Waals surface area contributed by atoms with Crippen LogP contribution in [0.3, 0.4) is 0 Å². The van der Waals surface area contributed by atoms with Crippen molar-refractivity contribution in [2.75, 3.05) is 5.32 Å². The van der Waals surface area contributed by atoms with Crippen molar-refractivity contribution in [1.29, 1.82) is 0 Å². The van der Waals surface area contributed by atoms with Crippen molar-refractivity contribution >= 4 is 11.6 Å². The van der Waals surface area contributed by atoms with Gasteiger partial charge in [-0.25, -0.2) is 0 Å². The van der Waals surface area contributed by atoms with Crippen LogP contribution in [0.25, 0.3) is 0 Å². The van der Waals surface area contributed by atoms with E-state index in [4.69, 9.17) is 0 Å². The van der Waals surface area contributed by atoms with Crippen LogP contribution in [0, 0.1) is 0 Å². The quantitative estimate of drug-likeness (QED) is 0.929. The largest absolute Gasteiger partial charge is 0.379 e. The molecule has 3 rings (SSSR count). The topological polar surface area (TPSA) is 45.2 Å². The van der Waals surface area contributed by atoms with Gasteiger partial charge < -0.3 is 10.2 Å². The lowest BCUT2D eigenvalue weighted by Gasteiger charge is -2.11. The van der Waals surface area contributed by atoms with Crippen molar-refractivity contribution < 1.29 is 4.79 Å². The predicted molar refractivity (Wildman–Crippen MR) is 77.9 cm³/mol. The molecule has 0 saturated carbocycles. The zero-order chi connectivity index (χ0) is 13.9. The van der Waals surface area contributed by atoms with Gasteiger partial charge in [-0.15, -0.1) is 0 Å². The third-order valence-corrected chi connectivity index (χ3v) is 3.57. The zero-order valence-electron chi connectivity index (χ0n) is 11.5. The van der Waals surface area contributed by atoms with E-state index in [1.807, 2.05) is 23.1 Å². The zero-order valence-corrected chi connectivity index (χ0v) is 11.5. The smallest absolute Gasteiger partial charge is 0.220 e. The highest BCUT2D eigenvalue weighted by atomic mass is 16.2. The molecule has 0 fully saturated rings. The summed E-state index contributed by atoms with van der Waals surface area (Å²) in [7, 11) is 0. The fraction of sp³-hybridized carbons (Fsp3) is 0.250. The van der Waals surface area contributed by atoms with Gasteiger partial charge in [0, 0.05) is 31.9 Å². The molecule has 1 aliphatic rings. The van der Waals surface area contributed by atoms with Gasteiger partial charge in [-0.3, -0.25) is 9.78 Å². The van der Waals surface area contributed by atoms with E-state index in [1.165, 1.54) is 11.1 Å². The number of amides is 1. The second kappa shape index (κ2) is 5.33. The van der Waals surface area contributed by atoms with Crippen molar-refractivity contribution in [2.24, 2.45) is 0 Å². The molecule has 0 saturated heterocycles. The third-order valence-electron chi connectivity index (χ3n) is 3.57. The number of benzene rings is 1. The number of pyridine rings is 1. The molecular formula is C16H17N3O. The number of rotatable bonds is 3. The van der Waals surface area contributed by atoms with Crippen molar-refractivity contribution in [1.82, 2.24) is 9.88 Å². The summed E-state index contributed by atoms with van der Waals surface area (Å²) >= 11 is 0. The molecule has 1 aliphatic heterocycles. The molecule has 4 nitrogen and oxygen atoms in total. The Bertz CT molecular complexity index is 625. The van der Waals surface area contributed by atoms with Crippen molar-refractivity contribution in [3.05, 3.63) is 59.4 Å². The van der Waals surface area contributed by atoms with Gasteiger partial charge in [0.1, 0.15) is 0 Å². The molecule has 2 aromatic rings. The molecule has 4 heteroatoms. The number of hydrogen-bond acceptors (Lipinski definition) is 3. The van der Waals surface area contributed by atoms with Gasteiger partial charge in [0.2, 0.25) is 5.91 Å². The highest BCUT2D eigenvalue weighted by Crippen LogP contribution is 2.25. The van der Waals surface area contributed by atoms with Gasteiger partial charge in [-0.2, -0.15) is 0 Å². The monoisotopic (exact) mass is 267 g/mol. The van der Waals surface area contributed by atoms with E-state index in [9.17, 15) is 4.79 Å². The van der Waals surface area contributed by atoms with E-state index in [0.717, 1.165) is 17.9 Å². The molecular weight excluding hydrogens is 250 g/mol. The summed E-state index contributed by atoms with van der Waals surface area (Å²) in [4.78, 5) is 17.6. The van der Waals surface area contributed by atoms with Gasteiger partial charge in [-0.05, 0) is 35.4 Å². The van der Waals surface area contributed by atoms with Crippen LogP contribution in [-0.2, 0) is 24.4 Å². The van der Waals surface area contributed by atoms with E-state index in [-0.39, 0.29) is 5.91 Å². The summed E-state index contributed by atoms with van der Waals surface area (Å²) in [6.07, 6.45) is 1.80. The minimum atomic E-state index is 0.129. The third kappa shape index (κ3) is 2.64. The number of hydrogen-bond donors (Lipinski definition) is 1. The number of nitrogens with zero attached hydrogens (tertiary/aromatic N) is 2. The molecule has 0 radical (unpaired) electrons. The maximum atomic E-state index is 11.4. The van der Waals surface area contributed by atoms with Crippen LogP contribution < -0.4 is 5.32 Å². The summed E-state index contributed by atoms with van der Waals surface area (Å²) in [5.41, 5.74) is 4.55. The van der Waals surface area contributed by atoms with E-state index in [1.54, 1.807) is 13.1 Å². The Morgan fingerprint density at radius 3 is 2.85 bits per heavy atom. The summed E-state index contributed by atoms with van der Waals surface area (Å²) in [6, 6.07) is 12.2. The molecule has 0 spiro atoms. The predicted octanol–water partition coefficient (Wildman–Crippen LogP) is 2.56.